The topological polar surface area (TPSA) is 64.6 Å². The Morgan fingerprint density at radius 2 is 1.49 bits per heavy atom. The highest BCUT2D eigenvalue weighted by atomic mass is 32.1. The van der Waals surface area contributed by atoms with Crippen LogP contribution in [-0.2, 0) is 28.1 Å². The summed E-state index contributed by atoms with van der Waals surface area (Å²) in [6, 6.07) is 9.35. The first kappa shape index (κ1) is 27.0. The molecular formula is C26H40O7SSi. The lowest BCUT2D eigenvalue weighted by Gasteiger charge is -2.54. The second kappa shape index (κ2) is 9.35. The molecule has 3 aliphatic rings. The number of thiocarbonyl (C=S) groups is 1. The Kier molecular flexibility index (Phi) is 7.20. The van der Waals surface area contributed by atoms with E-state index in [9.17, 15) is 0 Å². The van der Waals surface area contributed by atoms with Gasteiger partial charge in [0.15, 0.2) is 19.9 Å². The van der Waals surface area contributed by atoms with Crippen molar-refractivity contribution < 1.29 is 32.8 Å². The average Bonchev–Trinajstić information content (AvgIpc) is 3.05. The highest BCUT2D eigenvalue weighted by Gasteiger charge is 2.63. The number of ether oxygens (including phenoxy) is 6. The number of hydrogen-bond donors (Lipinski definition) is 0. The molecule has 0 N–H and O–H groups in total. The first-order chi connectivity index (χ1) is 16.1. The average molecular weight is 525 g/mol. The van der Waals surface area contributed by atoms with Crippen molar-refractivity contribution in [3.63, 3.8) is 0 Å². The molecule has 2 heterocycles. The van der Waals surface area contributed by atoms with Crippen LogP contribution in [0.25, 0.3) is 0 Å². The molecule has 1 aromatic rings. The van der Waals surface area contributed by atoms with Gasteiger partial charge in [-0.1, -0.05) is 39.0 Å². The van der Waals surface area contributed by atoms with Gasteiger partial charge >= 0.3 is 5.24 Å². The second-order valence-electron chi connectivity index (χ2n) is 12.1. The SMILES string of the molecule is CC1(C)O[C@H]2[C@@H](O1)[C@H](OC(=S)Oc1ccccc1)[C@H]1COC(C)(C)O[C@H]1[C@H]2O[Si](C)(C)C(C)(C)C. The van der Waals surface area contributed by atoms with Crippen molar-refractivity contribution >= 4 is 25.8 Å². The van der Waals surface area contributed by atoms with Gasteiger partial charge in [-0.05, 0) is 58.0 Å². The maximum Gasteiger partial charge on any atom is 0.358 e. The predicted molar refractivity (Wildman–Crippen MR) is 139 cm³/mol. The third-order valence-corrected chi connectivity index (χ3v) is 12.1. The number of para-hydroxylation sites is 1. The molecule has 1 aromatic carbocycles. The lowest BCUT2D eigenvalue weighted by Crippen LogP contribution is -2.68. The van der Waals surface area contributed by atoms with E-state index in [1.54, 1.807) is 0 Å². The Bertz CT molecular complexity index is 914. The van der Waals surface area contributed by atoms with Crippen molar-refractivity contribution in [2.24, 2.45) is 5.92 Å². The molecule has 9 heteroatoms. The smallest absolute Gasteiger partial charge is 0.358 e. The summed E-state index contributed by atoms with van der Waals surface area (Å²) in [6.07, 6.45) is -1.96. The minimum atomic E-state index is -2.17. The van der Waals surface area contributed by atoms with Crippen molar-refractivity contribution in [2.45, 2.75) is 109 Å². The molecule has 4 rings (SSSR count). The molecule has 0 radical (unpaired) electrons. The monoisotopic (exact) mass is 524 g/mol. The number of rotatable bonds is 4. The van der Waals surface area contributed by atoms with E-state index in [-0.39, 0.29) is 34.5 Å². The minimum absolute atomic E-state index is 0.0199. The fourth-order valence-electron chi connectivity index (χ4n) is 4.71. The number of hydrogen-bond acceptors (Lipinski definition) is 8. The lowest BCUT2D eigenvalue weighted by molar-refractivity contribution is -0.335. The van der Waals surface area contributed by atoms with Gasteiger partial charge in [0.25, 0.3) is 0 Å². The van der Waals surface area contributed by atoms with Gasteiger partial charge in [0.1, 0.15) is 30.2 Å². The molecule has 6 atom stereocenters. The van der Waals surface area contributed by atoms with Crippen LogP contribution in [-0.4, -0.2) is 62.3 Å². The van der Waals surface area contributed by atoms with Crippen LogP contribution in [0.5, 0.6) is 5.75 Å². The maximum atomic E-state index is 7.00. The normalized spacial score (nSPS) is 34.0. The minimum Gasteiger partial charge on any atom is -0.450 e. The molecule has 0 spiro atoms. The number of benzene rings is 1. The molecule has 0 bridgehead atoms. The highest BCUT2D eigenvalue weighted by Crippen LogP contribution is 2.48. The Labute approximate surface area is 215 Å². The zero-order valence-electron chi connectivity index (χ0n) is 22.3. The van der Waals surface area contributed by atoms with Crippen molar-refractivity contribution in [1.29, 1.82) is 0 Å². The fraction of sp³-hybridized carbons (Fsp3) is 0.731. The van der Waals surface area contributed by atoms with Crippen LogP contribution in [0.1, 0.15) is 48.5 Å². The Morgan fingerprint density at radius 3 is 2.09 bits per heavy atom. The molecule has 35 heavy (non-hydrogen) atoms. The van der Waals surface area contributed by atoms with E-state index in [2.05, 4.69) is 33.9 Å². The standard InChI is InChI=1S/C26H40O7SSi/c1-24(2,3)35(8,9)33-22-19-17(15-27-25(4,5)30-19)18(20-21(22)32-26(6,7)31-20)29-23(34)28-16-13-11-10-12-14-16/h10-14,17-22H,15H2,1-9H3/t17-,18-,19-,20+,21+,22-/m1/s1. The highest BCUT2D eigenvalue weighted by molar-refractivity contribution is 7.79. The quantitative estimate of drug-likeness (QED) is 0.382. The van der Waals surface area contributed by atoms with Crippen LogP contribution in [0, 0.1) is 5.92 Å². The van der Waals surface area contributed by atoms with Gasteiger partial charge in [-0.25, -0.2) is 0 Å². The molecule has 7 nitrogen and oxygen atoms in total. The fourth-order valence-corrected chi connectivity index (χ4v) is 6.22. The molecule has 0 amide bonds. The Balaban J connectivity index is 1.66. The molecule has 2 aliphatic heterocycles. The molecular weight excluding hydrogens is 484 g/mol. The number of fused-ring (bicyclic) bond motifs is 2. The van der Waals surface area contributed by atoms with Gasteiger partial charge in [0.05, 0.1) is 18.6 Å². The van der Waals surface area contributed by atoms with E-state index in [4.69, 9.17) is 45.1 Å². The van der Waals surface area contributed by atoms with Gasteiger partial charge in [0, 0.05) is 12.2 Å². The molecule has 3 fully saturated rings. The molecule has 0 aromatic heterocycles. The molecule has 196 valence electrons. The van der Waals surface area contributed by atoms with Crippen LogP contribution in [0.4, 0.5) is 0 Å². The summed E-state index contributed by atoms with van der Waals surface area (Å²) in [7, 11) is -2.17. The van der Waals surface area contributed by atoms with E-state index in [0.29, 0.717) is 12.4 Å². The summed E-state index contributed by atoms with van der Waals surface area (Å²) in [5.41, 5.74) is 0. The van der Waals surface area contributed by atoms with Crippen molar-refractivity contribution in [2.75, 3.05) is 6.61 Å². The lowest BCUT2D eigenvalue weighted by atomic mass is 9.78. The molecule has 2 saturated heterocycles. The first-order valence-corrected chi connectivity index (χ1v) is 15.7. The van der Waals surface area contributed by atoms with Crippen molar-refractivity contribution in [3.05, 3.63) is 30.3 Å². The van der Waals surface area contributed by atoms with E-state index >= 15 is 0 Å². The van der Waals surface area contributed by atoms with Crippen molar-refractivity contribution in [3.8, 4) is 5.75 Å². The van der Waals surface area contributed by atoms with E-state index in [1.165, 1.54) is 0 Å². The molecule has 0 unspecified atom stereocenters. The third kappa shape index (κ3) is 5.76. The van der Waals surface area contributed by atoms with Crippen LogP contribution in [0.2, 0.25) is 18.1 Å². The molecule has 1 saturated carbocycles. The summed E-state index contributed by atoms with van der Waals surface area (Å²) < 4.78 is 44.6. The summed E-state index contributed by atoms with van der Waals surface area (Å²) in [5.74, 6) is -1.14. The Hall–Kier alpha value is -1.07. The third-order valence-electron chi connectivity index (χ3n) is 7.44. The van der Waals surface area contributed by atoms with Gasteiger partial charge in [-0.15, -0.1) is 0 Å². The molecule has 1 aliphatic carbocycles. The summed E-state index contributed by atoms with van der Waals surface area (Å²) in [5, 5.41) is 0.0483. The van der Waals surface area contributed by atoms with Crippen molar-refractivity contribution in [1.82, 2.24) is 0 Å². The van der Waals surface area contributed by atoms with E-state index in [0.717, 1.165) is 0 Å². The van der Waals surface area contributed by atoms with Gasteiger partial charge in [-0.3, -0.25) is 0 Å². The van der Waals surface area contributed by atoms with Gasteiger partial charge in [-0.2, -0.15) is 0 Å². The summed E-state index contributed by atoms with van der Waals surface area (Å²) in [4.78, 5) is 0. The maximum absolute atomic E-state index is 7.00. The Morgan fingerprint density at radius 1 is 0.914 bits per heavy atom. The summed E-state index contributed by atoms with van der Waals surface area (Å²) >= 11 is 5.49. The zero-order chi connectivity index (χ0) is 25.8. The summed E-state index contributed by atoms with van der Waals surface area (Å²) in [6.45, 7) is 19.3. The first-order valence-electron chi connectivity index (χ1n) is 12.4. The van der Waals surface area contributed by atoms with Crippen LogP contribution < -0.4 is 4.74 Å². The van der Waals surface area contributed by atoms with E-state index in [1.807, 2.05) is 58.0 Å². The van der Waals surface area contributed by atoms with Gasteiger partial charge < -0.3 is 32.8 Å². The van der Waals surface area contributed by atoms with Crippen LogP contribution in [0.15, 0.2) is 30.3 Å². The predicted octanol–water partition coefficient (Wildman–Crippen LogP) is 5.43. The van der Waals surface area contributed by atoms with Crippen LogP contribution >= 0.6 is 12.2 Å². The van der Waals surface area contributed by atoms with E-state index < -0.39 is 32.1 Å². The largest absolute Gasteiger partial charge is 0.450 e. The second-order valence-corrected chi connectivity index (χ2v) is 17.2. The van der Waals surface area contributed by atoms with Crippen LogP contribution in [0.3, 0.4) is 0 Å². The van der Waals surface area contributed by atoms with Gasteiger partial charge in [0.2, 0.25) is 0 Å². The zero-order valence-corrected chi connectivity index (χ0v) is 24.1.